The van der Waals surface area contributed by atoms with Crippen LogP contribution in [-0.2, 0) is 0 Å². The largest absolute Gasteiger partial charge is 0.343 e. The zero-order chi connectivity index (χ0) is 7.40. The van der Waals surface area contributed by atoms with Gasteiger partial charge in [-0.2, -0.15) is 0 Å². The average Bonchev–Trinajstić information content (AvgIpc) is 2.05. The summed E-state index contributed by atoms with van der Waals surface area (Å²) in [7, 11) is 1.34. The molecule has 0 aromatic heterocycles. The van der Waals surface area contributed by atoms with E-state index in [2.05, 4.69) is 18.7 Å². The van der Waals surface area contributed by atoms with E-state index in [0.29, 0.717) is 0 Å². The Morgan fingerprint density at radius 3 is 2.80 bits per heavy atom. The molecular weight excluding hydrogens is 121 g/mol. The van der Waals surface area contributed by atoms with Crippen molar-refractivity contribution >= 4 is 7.41 Å². The van der Waals surface area contributed by atoms with Crippen molar-refractivity contribution < 1.29 is 0 Å². The summed E-state index contributed by atoms with van der Waals surface area (Å²) in [6.07, 6.45) is 5.60. The standard InChI is InChI=1S/C8H18BN/c1-3-8(2)10-7-5-4-6-9-10/h8-9H,3-7H2,1-2H3. The Balaban J connectivity index is 2.24. The fourth-order valence-electron chi connectivity index (χ4n) is 1.62. The lowest BCUT2D eigenvalue weighted by Gasteiger charge is -2.31. The number of rotatable bonds is 2. The summed E-state index contributed by atoms with van der Waals surface area (Å²) in [6.45, 7) is 5.96. The third-order valence-corrected chi connectivity index (χ3v) is 2.60. The van der Waals surface area contributed by atoms with E-state index < -0.39 is 0 Å². The average molecular weight is 139 g/mol. The quantitative estimate of drug-likeness (QED) is 0.525. The Hall–Kier alpha value is 0.0249. The summed E-state index contributed by atoms with van der Waals surface area (Å²) in [6, 6.07) is 0.820. The van der Waals surface area contributed by atoms with Gasteiger partial charge in [0.25, 0.3) is 0 Å². The first-order chi connectivity index (χ1) is 4.84. The second kappa shape index (κ2) is 4.02. The molecule has 58 valence electrons. The van der Waals surface area contributed by atoms with Crippen LogP contribution in [0, 0.1) is 0 Å². The first kappa shape index (κ1) is 8.12. The van der Waals surface area contributed by atoms with Gasteiger partial charge in [0.15, 0.2) is 0 Å². The van der Waals surface area contributed by atoms with Crippen LogP contribution >= 0.6 is 0 Å². The van der Waals surface area contributed by atoms with Gasteiger partial charge in [0.1, 0.15) is 0 Å². The first-order valence-electron chi connectivity index (χ1n) is 4.58. The normalized spacial score (nSPS) is 23.8. The Morgan fingerprint density at radius 2 is 2.30 bits per heavy atom. The van der Waals surface area contributed by atoms with Gasteiger partial charge in [0.05, 0.1) is 0 Å². The number of hydrogen-bond acceptors (Lipinski definition) is 1. The molecule has 1 aliphatic rings. The van der Waals surface area contributed by atoms with E-state index in [9.17, 15) is 0 Å². The fourth-order valence-corrected chi connectivity index (χ4v) is 1.62. The third-order valence-electron chi connectivity index (χ3n) is 2.60. The van der Waals surface area contributed by atoms with E-state index in [0.717, 1.165) is 6.04 Å². The van der Waals surface area contributed by atoms with Crippen molar-refractivity contribution in [2.45, 2.75) is 45.5 Å². The van der Waals surface area contributed by atoms with E-state index >= 15 is 0 Å². The lowest BCUT2D eigenvalue weighted by molar-refractivity contribution is 0.321. The van der Waals surface area contributed by atoms with Crippen LogP contribution < -0.4 is 0 Å². The van der Waals surface area contributed by atoms with Gasteiger partial charge < -0.3 is 4.81 Å². The summed E-state index contributed by atoms with van der Waals surface area (Å²) in [5.74, 6) is 0. The maximum absolute atomic E-state index is 2.61. The van der Waals surface area contributed by atoms with Gasteiger partial charge in [-0.15, -0.1) is 0 Å². The molecule has 0 amide bonds. The monoisotopic (exact) mass is 139 g/mol. The summed E-state index contributed by atoms with van der Waals surface area (Å²) in [5.41, 5.74) is 0. The highest BCUT2D eigenvalue weighted by Crippen LogP contribution is 2.12. The molecule has 0 radical (unpaired) electrons. The molecule has 0 aromatic rings. The van der Waals surface area contributed by atoms with Crippen LogP contribution in [0.4, 0.5) is 0 Å². The van der Waals surface area contributed by atoms with Crippen molar-refractivity contribution in [2.24, 2.45) is 0 Å². The Kier molecular flexibility index (Phi) is 3.27. The fraction of sp³-hybridized carbons (Fsp3) is 1.00. The smallest absolute Gasteiger partial charge is 0.204 e. The van der Waals surface area contributed by atoms with E-state index in [1.807, 2.05) is 0 Å². The maximum atomic E-state index is 2.61. The molecule has 1 unspecified atom stereocenters. The molecule has 0 spiro atoms. The number of hydrogen-bond donors (Lipinski definition) is 0. The second-order valence-electron chi connectivity index (χ2n) is 3.35. The molecule has 1 nitrogen and oxygen atoms in total. The molecule has 1 aliphatic heterocycles. The zero-order valence-electron chi connectivity index (χ0n) is 7.27. The van der Waals surface area contributed by atoms with Crippen molar-refractivity contribution in [3.63, 3.8) is 0 Å². The summed E-state index contributed by atoms with van der Waals surface area (Å²) in [4.78, 5) is 2.61. The first-order valence-corrected chi connectivity index (χ1v) is 4.58. The van der Waals surface area contributed by atoms with Gasteiger partial charge in [-0.3, -0.25) is 0 Å². The van der Waals surface area contributed by atoms with Crippen molar-refractivity contribution in [3.05, 3.63) is 0 Å². The highest BCUT2D eigenvalue weighted by Gasteiger charge is 2.15. The molecule has 0 N–H and O–H groups in total. The van der Waals surface area contributed by atoms with Crippen LogP contribution in [0.25, 0.3) is 0 Å². The molecule has 1 atom stereocenters. The van der Waals surface area contributed by atoms with Crippen molar-refractivity contribution in [3.8, 4) is 0 Å². The Labute approximate surface area is 65.1 Å². The molecule has 0 saturated carbocycles. The highest BCUT2D eigenvalue weighted by atomic mass is 15.1. The molecular formula is C8H18BN. The second-order valence-corrected chi connectivity index (χ2v) is 3.35. The van der Waals surface area contributed by atoms with Gasteiger partial charge in [0.2, 0.25) is 7.41 Å². The van der Waals surface area contributed by atoms with Crippen molar-refractivity contribution in [2.75, 3.05) is 6.54 Å². The topological polar surface area (TPSA) is 3.24 Å². The Morgan fingerprint density at radius 1 is 1.50 bits per heavy atom. The van der Waals surface area contributed by atoms with Gasteiger partial charge in [0, 0.05) is 0 Å². The highest BCUT2D eigenvalue weighted by molar-refractivity contribution is 6.32. The summed E-state index contributed by atoms with van der Waals surface area (Å²) < 4.78 is 0. The van der Waals surface area contributed by atoms with Gasteiger partial charge in [-0.25, -0.2) is 0 Å². The molecule has 0 aromatic carbocycles. The van der Waals surface area contributed by atoms with E-state index in [1.165, 1.54) is 39.5 Å². The molecule has 1 rings (SSSR count). The van der Waals surface area contributed by atoms with Crippen LogP contribution in [0.3, 0.4) is 0 Å². The van der Waals surface area contributed by atoms with Crippen molar-refractivity contribution in [1.82, 2.24) is 4.81 Å². The van der Waals surface area contributed by atoms with Crippen LogP contribution in [0.5, 0.6) is 0 Å². The minimum absolute atomic E-state index is 0.820. The van der Waals surface area contributed by atoms with Crippen LogP contribution in [-0.4, -0.2) is 24.8 Å². The molecule has 1 fully saturated rings. The van der Waals surface area contributed by atoms with E-state index in [4.69, 9.17) is 0 Å². The number of nitrogens with zero attached hydrogens (tertiary/aromatic N) is 1. The summed E-state index contributed by atoms with van der Waals surface area (Å²) in [5, 5.41) is 0. The molecule has 1 heterocycles. The van der Waals surface area contributed by atoms with Crippen LogP contribution in [0.15, 0.2) is 0 Å². The Bertz CT molecular complexity index is 89.3. The third kappa shape index (κ3) is 2.01. The minimum atomic E-state index is 0.820. The van der Waals surface area contributed by atoms with Crippen molar-refractivity contribution in [1.29, 1.82) is 0 Å². The zero-order valence-corrected chi connectivity index (χ0v) is 7.27. The van der Waals surface area contributed by atoms with Gasteiger partial charge in [-0.05, 0) is 25.4 Å². The molecule has 1 saturated heterocycles. The van der Waals surface area contributed by atoms with E-state index in [1.54, 1.807) is 0 Å². The molecule has 2 heteroatoms. The van der Waals surface area contributed by atoms with Gasteiger partial charge in [-0.1, -0.05) is 26.6 Å². The lowest BCUT2D eigenvalue weighted by Crippen LogP contribution is -2.39. The molecule has 0 bridgehead atoms. The van der Waals surface area contributed by atoms with Crippen LogP contribution in [0.2, 0.25) is 6.32 Å². The molecule has 0 aliphatic carbocycles. The lowest BCUT2D eigenvalue weighted by atomic mass is 9.78. The predicted octanol–water partition coefficient (Wildman–Crippen LogP) is 1.65. The van der Waals surface area contributed by atoms with Crippen LogP contribution in [0.1, 0.15) is 33.1 Å². The van der Waals surface area contributed by atoms with E-state index in [-0.39, 0.29) is 0 Å². The molecule has 10 heavy (non-hydrogen) atoms. The SMILES string of the molecule is CCC(C)N1BCCCC1. The maximum Gasteiger partial charge on any atom is 0.204 e. The minimum Gasteiger partial charge on any atom is -0.343 e. The predicted molar refractivity (Wildman–Crippen MR) is 47.6 cm³/mol. The van der Waals surface area contributed by atoms with Gasteiger partial charge >= 0.3 is 0 Å². The summed E-state index contributed by atoms with van der Waals surface area (Å²) >= 11 is 0.